The highest BCUT2D eigenvalue weighted by Gasteiger charge is 2.12. The van der Waals surface area contributed by atoms with Gasteiger partial charge in [0.15, 0.2) is 17.3 Å². The number of nitrogens with two attached hydrogens (primary N) is 3. The van der Waals surface area contributed by atoms with Crippen LogP contribution in [-0.4, -0.2) is 32.1 Å². The molecular formula is C12H11N7O4. The fourth-order valence-electron chi connectivity index (χ4n) is 1.63. The number of carboxylic acids is 2. The van der Waals surface area contributed by atoms with Crippen molar-refractivity contribution in [3.05, 3.63) is 29.3 Å². The molecule has 23 heavy (non-hydrogen) atoms. The van der Waals surface area contributed by atoms with E-state index >= 15 is 0 Å². The second-order valence-corrected chi connectivity index (χ2v) is 4.28. The smallest absolute Gasteiger partial charge is 0.335 e. The molecule has 8 N–H and O–H groups in total. The molecular weight excluding hydrogens is 306 g/mol. The fraction of sp³-hybridized carbons (Fsp3) is 0. The molecule has 0 aliphatic carbocycles. The second-order valence-electron chi connectivity index (χ2n) is 4.28. The van der Waals surface area contributed by atoms with Crippen LogP contribution in [0.1, 0.15) is 20.7 Å². The largest absolute Gasteiger partial charge is 0.478 e. The standard InChI is InChI=1S/C12H11N7O4/c13-8-7(9(14)17-12(15)16-8)19-18-6-2-4(10(20)21)1-5(3-6)11(22)23/h1-3H,(H,20,21)(H,22,23)(H6,13,14,15,16,17). The van der Waals surface area contributed by atoms with Crippen molar-refractivity contribution >= 4 is 40.9 Å². The summed E-state index contributed by atoms with van der Waals surface area (Å²) >= 11 is 0. The molecule has 1 aromatic carbocycles. The third-order valence-corrected chi connectivity index (χ3v) is 2.63. The summed E-state index contributed by atoms with van der Waals surface area (Å²) in [6.45, 7) is 0. The van der Waals surface area contributed by atoms with Gasteiger partial charge >= 0.3 is 11.9 Å². The number of hydrogen-bond acceptors (Lipinski definition) is 9. The molecule has 0 fully saturated rings. The minimum Gasteiger partial charge on any atom is -0.478 e. The van der Waals surface area contributed by atoms with E-state index in [0.29, 0.717) is 0 Å². The van der Waals surface area contributed by atoms with Crippen molar-refractivity contribution in [2.24, 2.45) is 10.2 Å². The Hall–Kier alpha value is -3.76. The summed E-state index contributed by atoms with van der Waals surface area (Å²) in [6.07, 6.45) is 0. The Morgan fingerprint density at radius 2 is 1.35 bits per heavy atom. The molecule has 0 atom stereocenters. The van der Waals surface area contributed by atoms with E-state index < -0.39 is 11.9 Å². The van der Waals surface area contributed by atoms with Gasteiger partial charge in [-0.25, -0.2) is 9.59 Å². The van der Waals surface area contributed by atoms with Gasteiger partial charge in [-0.1, -0.05) is 0 Å². The number of carbonyl (C=O) groups is 2. The lowest BCUT2D eigenvalue weighted by Crippen LogP contribution is -2.03. The van der Waals surface area contributed by atoms with Crippen LogP contribution in [0.25, 0.3) is 0 Å². The summed E-state index contributed by atoms with van der Waals surface area (Å²) < 4.78 is 0. The summed E-state index contributed by atoms with van der Waals surface area (Å²) in [6, 6.07) is 3.28. The van der Waals surface area contributed by atoms with Crippen molar-refractivity contribution in [2.45, 2.75) is 0 Å². The van der Waals surface area contributed by atoms with Gasteiger partial charge in [-0.05, 0) is 18.2 Å². The molecule has 0 bridgehead atoms. The maximum atomic E-state index is 11.0. The average molecular weight is 317 g/mol. The van der Waals surface area contributed by atoms with Gasteiger partial charge in [-0.2, -0.15) is 15.1 Å². The summed E-state index contributed by atoms with van der Waals surface area (Å²) in [7, 11) is 0. The second kappa shape index (κ2) is 5.93. The molecule has 0 spiro atoms. The SMILES string of the molecule is Nc1nc(N)c(N=Nc2cc(C(=O)O)cc(C(=O)O)c2)c(N)n1. The number of anilines is 3. The van der Waals surface area contributed by atoms with Crippen LogP contribution in [-0.2, 0) is 0 Å². The number of nitrogens with zero attached hydrogens (tertiary/aromatic N) is 4. The summed E-state index contributed by atoms with van der Waals surface area (Å²) in [4.78, 5) is 29.3. The summed E-state index contributed by atoms with van der Waals surface area (Å²) in [5, 5.41) is 25.4. The first-order valence-electron chi connectivity index (χ1n) is 6.00. The van der Waals surface area contributed by atoms with Gasteiger partial charge in [0.2, 0.25) is 5.95 Å². The van der Waals surface area contributed by atoms with Crippen molar-refractivity contribution in [3.63, 3.8) is 0 Å². The number of benzene rings is 1. The van der Waals surface area contributed by atoms with Crippen LogP contribution in [0.4, 0.5) is 29.0 Å². The van der Waals surface area contributed by atoms with Crippen molar-refractivity contribution in [1.29, 1.82) is 0 Å². The Bertz CT molecular complexity index is 779. The van der Waals surface area contributed by atoms with Crippen LogP contribution in [0.15, 0.2) is 28.4 Å². The summed E-state index contributed by atoms with van der Waals surface area (Å²) in [5.41, 5.74) is 15.9. The van der Waals surface area contributed by atoms with Crippen LogP contribution in [0, 0.1) is 0 Å². The van der Waals surface area contributed by atoms with Crippen LogP contribution >= 0.6 is 0 Å². The molecule has 11 nitrogen and oxygen atoms in total. The highest BCUT2D eigenvalue weighted by molar-refractivity contribution is 5.95. The maximum absolute atomic E-state index is 11.0. The van der Waals surface area contributed by atoms with Crippen molar-refractivity contribution in [3.8, 4) is 0 Å². The fourth-order valence-corrected chi connectivity index (χ4v) is 1.63. The normalized spacial score (nSPS) is 10.8. The number of rotatable bonds is 4. The van der Waals surface area contributed by atoms with Crippen LogP contribution < -0.4 is 17.2 Å². The molecule has 0 unspecified atom stereocenters. The number of aromatic carboxylic acids is 2. The molecule has 11 heteroatoms. The Morgan fingerprint density at radius 1 is 0.870 bits per heavy atom. The molecule has 2 aromatic rings. The number of aromatic nitrogens is 2. The Morgan fingerprint density at radius 3 is 1.78 bits per heavy atom. The minimum atomic E-state index is -1.31. The molecule has 1 heterocycles. The van der Waals surface area contributed by atoms with E-state index in [1.807, 2.05) is 0 Å². The zero-order valence-electron chi connectivity index (χ0n) is 11.5. The van der Waals surface area contributed by atoms with Gasteiger partial charge < -0.3 is 27.4 Å². The van der Waals surface area contributed by atoms with E-state index in [1.165, 1.54) is 0 Å². The maximum Gasteiger partial charge on any atom is 0.335 e. The van der Waals surface area contributed by atoms with Crippen molar-refractivity contribution in [2.75, 3.05) is 17.2 Å². The highest BCUT2D eigenvalue weighted by atomic mass is 16.4. The third kappa shape index (κ3) is 3.47. The number of hydrogen-bond donors (Lipinski definition) is 5. The first kappa shape index (κ1) is 15.6. The third-order valence-electron chi connectivity index (χ3n) is 2.63. The molecule has 0 saturated carbocycles. The molecule has 0 amide bonds. The van der Waals surface area contributed by atoms with Gasteiger partial charge in [-0.15, -0.1) is 5.11 Å². The number of carboxylic acid groups (broad SMARTS) is 2. The molecule has 0 saturated heterocycles. The predicted octanol–water partition coefficient (Wildman–Crippen LogP) is 1.03. The Kier molecular flexibility index (Phi) is 4.03. The lowest BCUT2D eigenvalue weighted by Gasteiger charge is -2.03. The lowest BCUT2D eigenvalue weighted by atomic mass is 10.1. The van der Waals surface area contributed by atoms with Gasteiger partial charge in [0, 0.05) is 0 Å². The average Bonchev–Trinajstić information content (AvgIpc) is 2.45. The van der Waals surface area contributed by atoms with Crippen LogP contribution in [0.5, 0.6) is 0 Å². The van der Waals surface area contributed by atoms with E-state index in [1.54, 1.807) is 0 Å². The molecule has 1 aromatic heterocycles. The number of nitrogen functional groups attached to an aromatic ring is 3. The first-order valence-corrected chi connectivity index (χ1v) is 6.00. The molecule has 0 aliphatic heterocycles. The first-order chi connectivity index (χ1) is 10.8. The quantitative estimate of drug-likeness (QED) is 0.510. The van der Waals surface area contributed by atoms with E-state index in [9.17, 15) is 9.59 Å². The zero-order valence-corrected chi connectivity index (χ0v) is 11.5. The molecule has 0 radical (unpaired) electrons. The van der Waals surface area contributed by atoms with E-state index in [4.69, 9.17) is 27.4 Å². The van der Waals surface area contributed by atoms with Gasteiger partial charge in [0.05, 0.1) is 16.8 Å². The predicted molar refractivity (Wildman–Crippen MR) is 79.8 cm³/mol. The van der Waals surface area contributed by atoms with E-state index in [-0.39, 0.29) is 40.1 Å². The van der Waals surface area contributed by atoms with Gasteiger partial charge in [0.25, 0.3) is 0 Å². The highest BCUT2D eigenvalue weighted by Crippen LogP contribution is 2.29. The monoisotopic (exact) mass is 317 g/mol. The van der Waals surface area contributed by atoms with Crippen LogP contribution in [0.2, 0.25) is 0 Å². The van der Waals surface area contributed by atoms with Gasteiger partial charge in [-0.3, -0.25) is 0 Å². The minimum absolute atomic E-state index is 0.0158. The summed E-state index contributed by atoms with van der Waals surface area (Å²) in [5.74, 6) is -2.99. The Balaban J connectivity index is 2.47. The van der Waals surface area contributed by atoms with Gasteiger partial charge in [0.1, 0.15) is 0 Å². The zero-order chi connectivity index (χ0) is 17.1. The molecule has 118 valence electrons. The van der Waals surface area contributed by atoms with Crippen molar-refractivity contribution < 1.29 is 19.8 Å². The van der Waals surface area contributed by atoms with E-state index in [2.05, 4.69) is 20.2 Å². The van der Waals surface area contributed by atoms with Crippen LogP contribution in [0.3, 0.4) is 0 Å². The lowest BCUT2D eigenvalue weighted by molar-refractivity contribution is 0.0696. The topological polar surface area (TPSA) is 203 Å². The molecule has 2 rings (SSSR count). The Labute approximate surface area is 128 Å². The molecule has 0 aliphatic rings. The number of azo groups is 1. The van der Waals surface area contributed by atoms with Crippen molar-refractivity contribution in [1.82, 2.24) is 9.97 Å². The van der Waals surface area contributed by atoms with E-state index in [0.717, 1.165) is 18.2 Å².